The molecule has 10 heavy (non-hydrogen) atoms. The molecule has 2 aromatic heterocycles. The van der Waals surface area contributed by atoms with Gasteiger partial charge in [0.2, 0.25) is 0 Å². The molecule has 0 aliphatic heterocycles. The number of aromatic nitrogens is 3. The summed E-state index contributed by atoms with van der Waals surface area (Å²) in [4.78, 5) is 11.0. The maximum Gasteiger partial charge on any atom is 0.177 e. The van der Waals surface area contributed by atoms with E-state index in [1.54, 1.807) is 6.20 Å². The highest BCUT2D eigenvalue weighted by Crippen LogP contribution is 2.05. The van der Waals surface area contributed by atoms with Gasteiger partial charge in [0, 0.05) is 13.1 Å². The monoisotopic (exact) mass is 132 g/mol. The van der Waals surface area contributed by atoms with Gasteiger partial charge in [0.05, 0.1) is 5.52 Å². The van der Waals surface area contributed by atoms with Crippen LogP contribution in [-0.4, -0.2) is 15.0 Å². The average molecular weight is 132 g/mol. The average Bonchev–Trinajstić information content (AvgIpc) is 2.27. The normalized spacial score (nSPS) is 10.5. The molecule has 0 atom stereocenters. The van der Waals surface area contributed by atoms with E-state index in [4.69, 9.17) is 0 Å². The number of nitrogens with one attached hydrogen (secondary N) is 1. The summed E-state index contributed by atoms with van der Waals surface area (Å²) in [6.45, 7) is 3.65. The zero-order chi connectivity index (χ0) is 6.97. The van der Waals surface area contributed by atoms with Gasteiger partial charge in [-0.2, -0.15) is 0 Å². The Kier molecular flexibility index (Phi) is 0.974. The van der Waals surface area contributed by atoms with Gasteiger partial charge < -0.3 is 4.98 Å². The number of imidazole rings is 1. The molecular weight excluding hydrogens is 126 g/mol. The second kappa shape index (κ2) is 1.80. The van der Waals surface area contributed by atoms with Gasteiger partial charge in [-0.1, -0.05) is 0 Å². The van der Waals surface area contributed by atoms with Crippen molar-refractivity contribution in [3.05, 3.63) is 31.1 Å². The lowest BCUT2D eigenvalue weighted by Gasteiger charge is -1.80. The van der Waals surface area contributed by atoms with E-state index in [1.165, 1.54) is 0 Å². The molecule has 0 aliphatic carbocycles. The van der Waals surface area contributed by atoms with Gasteiger partial charge in [-0.15, -0.1) is 0 Å². The largest absolute Gasteiger partial charge is 0.341 e. The van der Waals surface area contributed by atoms with Gasteiger partial charge in [0.15, 0.2) is 5.65 Å². The Bertz CT molecular complexity index is 317. The lowest BCUT2D eigenvalue weighted by atomic mass is 10.4. The van der Waals surface area contributed by atoms with E-state index in [-0.39, 0.29) is 0 Å². The Morgan fingerprint density at radius 2 is 2.40 bits per heavy atom. The van der Waals surface area contributed by atoms with Crippen LogP contribution in [-0.2, 0) is 0 Å². The first-order valence-corrected chi connectivity index (χ1v) is 2.99. The molecule has 1 N–H and O–H groups in total. The minimum atomic E-state index is 0.661. The van der Waals surface area contributed by atoms with Crippen molar-refractivity contribution < 1.29 is 0 Å². The summed E-state index contributed by atoms with van der Waals surface area (Å²) < 4.78 is 0. The fourth-order valence-corrected chi connectivity index (χ4v) is 0.895. The van der Waals surface area contributed by atoms with Crippen LogP contribution in [0.15, 0.2) is 18.3 Å². The maximum absolute atomic E-state index is 4.04. The van der Waals surface area contributed by atoms with E-state index in [1.807, 2.05) is 12.1 Å². The number of aromatic amines is 1. The molecule has 0 amide bonds. The number of fused-ring (bicyclic) bond motifs is 1. The van der Waals surface area contributed by atoms with Crippen LogP contribution in [0.5, 0.6) is 0 Å². The van der Waals surface area contributed by atoms with Gasteiger partial charge >= 0.3 is 0 Å². The maximum atomic E-state index is 4.04. The predicted octanol–water partition coefficient (Wildman–Crippen LogP) is 1.14. The van der Waals surface area contributed by atoms with Crippen LogP contribution >= 0.6 is 0 Å². The van der Waals surface area contributed by atoms with Crippen LogP contribution in [0.4, 0.5) is 0 Å². The Morgan fingerprint density at radius 1 is 1.50 bits per heavy atom. The first kappa shape index (κ1) is 5.41. The van der Waals surface area contributed by atoms with E-state index in [0.29, 0.717) is 5.82 Å². The Hall–Kier alpha value is -1.38. The van der Waals surface area contributed by atoms with E-state index in [2.05, 4.69) is 21.9 Å². The smallest absolute Gasteiger partial charge is 0.177 e. The van der Waals surface area contributed by atoms with Crippen LogP contribution in [0, 0.1) is 6.92 Å². The molecule has 2 rings (SSSR count). The van der Waals surface area contributed by atoms with Gasteiger partial charge in [-0.3, -0.25) is 0 Å². The molecular formula is C7H6N3. The Labute approximate surface area is 58.1 Å². The van der Waals surface area contributed by atoms with Gasteiger partial charge in [-0.05, 0) is 12.1 Å². The number of H-pyrrole nitrogens is 1. The third kappa shape index (κ3) is 0.673. The van der Waals surface area contributed by atoms with E-state index < -0.39 is 0 Å². The minimum Gasteiger partial charge on any atom is -0.341 e. The standard InChI is InChI=1S/C7H6N3/c1-5-9-6-3-2-4-8-7(6)10-5/h2-4H,1H2,(H,8,9,10). The van der Waals surface area contributed by atoms with Gasteiger partial charge in [0.25, 0.3) is 0 Å². The van der Waals surface area contributed by atoms with E-state index >= 15 is 0 Å². The first-order valence-electron chi connectivity index (χ1n) is 2.99. The van der Waals surface area contributed by atoms with Crippen LogP contribution in [0.3, 0.4) is 0 Å². The SMILES string of the molecule is [CH2]c1nc2ncccc2[nH]1. The van der Waals surface area contributed by atoms with Crippen molar-refractivity contribution in [3.63, 3.8) is 0 Å². The number of hydrogen-bond acceptors (Lipinski definition) is 2. The quantitative estimate of drug-likeness (QED) is 0.584. The topological polar surface area (TPSA) is 41.6 Å². The highest BCUT2D eigenvalue weighted by molar-refractivity contribution is 5.69. The summed E-state index contributed by atoms with van der Waals surface area (Å²) in [5.74, 6) is 0.661. The molecule has 0 aromatic carbocycles. The molecule has 49 valence electrons. The zero-order valence-electron chi connectivity index (χ0n) is 5.33. The molecule has 3 nitrogen and oxygen atoms in total. The number of nitrogens with zero attached hydrogens (tertiary/aromatic N) is 2. The second-order valence-corrected chi connectivity index (χ2v) is 2.06. The second-order valence-electron chi connectivity index (χ2n) is 2.06. The van der Waals surface area contributed by atoms with Crippen molar-refractivity contribution in [2.45, 2.75) is 0 Å². The molecule has 1 radical (unpaired) electrons. The third-order valence-electron chi connectivity index (χ3n) is 1.31. The Balaban J connectivity index is 2.88. The number of rotatable bonds is 0. The van der Waals surface area contributed by atoms with Crippen LogP contribution < -0.4 is 0 Å². The summed E-state index contributed by atoms with van der Waals surface area (Å²) in [5.41, 5.74) is 1.67. The Morgan fingerprint density at radius 3 is 3.20 bits per heavy atom. The molecule has 0 fully saturated rings. The molecule has 2 heterocycles. The van der Waals surface area contributed by atoms with Crippen molar-refractivity contribution in [2.24, 2.45) is 0 Å². The minimum absolute atomic E-state index is 0.661. The van der Waals surface area contributed by atoms with Crippen molar-refractivity contribution in [3.8, 4) is 0 Å². The van der Waals surface area contributed by atoms with Gasteiger partial charge in [-0.25, -0.2) is 9.97 Å². The van der Waals surface area contributed by atoms with Crippen molar-refractivity contribution in [1.82, 2.24) is 15.0 Å². The van der Waals surface area contributed by atoms with Crippen molar-refractivity contribution in [1.29, 1.82) is 0 Å². The summed E-state index contributed by atoms with van der Waals surface area (Å²) in [7, 11) is 0. The highest BCUT2D eigenvalue weighted by Gasteiger charge is 1.95. The van der Waals surface area contributed by atoms with E-state index in [9.17, 15) is 0 Å². The molecule has 0 saturated carbocycles. The molecule has 2 aromatic rings. The summed E-state index contributed by atoms with van der Waals surface area (Å²) in [6.07, 6.45) is 1.71. The number of hydrogen-bond donors (Lipinski definition) is 1. The number of pyridine rings is 1. The molecule has 3 heteroatoms. The van der Waals surface area contributed by atoms with Crippen LogP contribution in [0.1, 0.15) is 5.82 Å². The van der Waals surface area contributed by atoms with E-state index in [0.717, 1.165) is 11.2 Å². The zero-order valence-corrected chi connectivity index (χ0v) is 5.33. The first-order chi connectivity index (χ1) is 4.86. The highest BCUT2D eigenvalue weighted by atomic mass is 15.0. The van der Waals surface area contributed by atoms with Gasteiger partial charge in [0.1, 0.15) is 5.82 Å². The molecule has 0 unspecified atom stereocenters. The fraction of sp³-hybridized carbons (Fsp3) is 0. The van der Waals surface area contributed by atoms with Crippen molar-refractivity contribution in [2.75, 3.05) is 0 Å². The molecule has 0 bridgehead atoms. The predicted molar refractivity (Wildman–Crippen MR) is 38.3 cm³/mol. The molecule has 0 saturated heterocycles. The van der Waals surface area contributed by atoms with Crippen LogP contribution in [0.25, 0.3) is 11.2 Å². The van der Waals surface area contributed by atoms with Crippen molar-refractivity contribution >= 4 is 11.2 Å². The summed E-state index contributed by atoms with van der Waals surface area (Å²) in [6, 6.07) is 3.78. The fourth-order valence-electron chi connectivity index (χ4n) is 0.895. The lowest BCUT2D eigenvalue weighted by molar-refractivity contribution is 1.24. The lowest BCUT2D eigenvalue weighted by Crippen LogP contribution is -1.72. The van der Waals surface area contributed by atoms with Crippen LogP contribution in [0.2, 0.25) is 0 Å². The summed E-state index contributed by atoms with van der Waals surface area (Å²) >= 11 is 0. The molecule has 0 spiro atoms. The third-order valence-corrected chi connectivity index (χ3v) is 1.31. The summed E-state index contributed by atoms with van der Waals surface area (Å²) in [5, 5.41) is 0. The molecule has 0 aliphatic rings.